The summed E-state index contributed by atoms with van der Waals surface area (Å²) in [6.45, 7) is 3.87. The Morgan fingerprint density at radius 1 is 0.655 bits per heavy atom. The van der Waals surface area contributed by atoms with Gasteiger partial charge in [-0.15, -0.1) is 0 Å². The van der Waals surface area contributed by atoms with Crippen molar-refractivity contribution in [2.75, 3.05) is 0 Å². The monoisotopic (exact) mass is 404 g/mol. The minimum atomic E-state index is -0.0982. The number of unbranched alkanes of at least 4 members (excludes halogenated alkanes) is 2. The van der Waals surface area contributed by atoms with Crippen LogP contribution >= 0.6 is 0 Å². The summed E-state index contributed by atoms with van der Waals surface area (Å²) in [5, 5.41) is 0. The molecule has 3 aliphatic carbocycles. The molecule has 0 aromatic heterocycles. The van der Waals surface area contributed by atoms with Crippen molar-refractivity contribution >= 4 is 5.97 Å². The molecular formula is C27H48O2. The second kappa shape index (κ2) is 12.4. The van der Waals surface area contributed by atoms with Gasteiger partial charge in [0, 0.05) is 6.92 Å². The molecule has 0 aromatic carbocycles. The molecule has 3 aliphatic rings. The topological polar surface area (TPSA) is 26.3 Å². The quantitative estimate of drug-likeness (QED) is 0.287. The third-order valence-electron chi connectivity index (χ3n) is 8.77. The Bertz CT molecular complexity index is 449. The van der Waals surface area contributed by atoms with Crippen molar-refractivity contribution in [1.29, 1.82) is 0 Å². The Hall–Kier alpha value is -0.530. The predicted octanol–water partition coefficient (Wildman–Crippen LogP) is 8.08. The zero-order chi connectivity index (χ0) is 20.5. The second-order valence-corrected chi connectivity index (χ2v) is 10.9. The van der Waals surface area contributed by atoms with Crippen LogP contribution in [0.2, 0.25) is 0 Å². The second-order valence-electron chi connectivity index (χ2n) is 10.9. The Balaban J connectivity index is 1.25. The van der Waals surface area contributed by atoms with E-state index in [4.69, 9.17) is 4.74 Å². The van der Waals surface area contributed by atoms with Gasteiger partial charge in [0.15, 0.2) is 0 Å². The van der Waals surface area contributed by atoms with Crippen LogP contribution < -0.4 is 0 Å². The van der Waals surface area contributed by atoms with Crippen molar-refractivity contribution in [2.45, 2.75) is 136 Å². The van der Waals surface area contributed by atoms with E-state index in [0.717, 1.165) is 42.4 Å². The Kier molecular flexibility index (Phi) is 9.86. The SMILES string of the molecule is CCCCCC1CCC(CCC2CCC(C3CCC(OC(C)=O)CC3)CC2)CC1. The van der Waals surface area contributed by atoms with E-state index in [2.05, 4.69) is 6.92 Å². The Labute approximate surface area is 180 Å². The van der Waals surface area contributed by atoms with Crippen molar-refractivity contribution in [2.24, 2.45) is 29.6 Å². The van der Waals surface area contributed by atoms with E-state index in [9.17, 15) is 4.79 Å². The van der Waals surface area contributed by atoms with Crippen LogP contribution in [0, 0.1) is 29.6 Å². The van der Waals surface area contributed by atoms with Crippen LogP contribution in [-0.2, 0) is 9.53 Å². The minimum Gasteiger partial charge on any atom is -0.463 e. The lowest BCUT2D eigenvalue weighted by Gasteiger charge is -2.38. The van der Waals surface area contributed by atoms with Gasteiger partial charge < -0.3 is 4.74 Å². The van der Waals surface area contributed by atoms with Gasteiger partial charge in [-0.2, -0.15) is 0 Å². The smallest absolute Gasteiger partial charge is 0.302 e. The number of hydrogen-bond donors (Lipinski definition) is 0. The Morgan fingerprint density at radius 3 is 1.59 bits per heavy atom. The van der Waals surface area contributed by atoms with Gasteiger partial charge in [-0.1, -0.05) is 84.0 Å². The molecule has 0 aromatic rings. The number of rotatable bonds is 9. The normalized spacial score (nSPS) is 35.9. The van der Waals surface area contributed by atoms with Crippen LogP contribution in [0.25, 0.3) is 0 Å². The minimum absolute atomic E-state index is 0.0982. The van der Waals surface area contributed by atoms with E-state index in [1.807, 2.05) is 0 Å². The first-order valence-corrected chi connectivity index (χ1v) is 13.3. The van der Waals surface area contributed by atoms with Gasteiger partial charge >= 0.3 is 5.97 Å². The zero-order valence-corrected chi connectivity index (χ0v) is 19.5. The average molecular weight is 405 g/mol. The third-order valence-corrected chi connectivity index (χ3v) is 8.77. The van der Waals surface area contributed by atoms with Crippen molar-refractivity contribution in [3.63, 3.8) is 0 Å². The number of hydrogen-bond acceptors (Lipinski definition) is 2. The molecule has 0 heterocycles. The summed E-state index contributed by atoms with van der Waals surface area (Å²) >= 11 is 0. The molecule has 29 heavy (non-hydrogen) atoms. The lowest BCUT2D eigenvalue weighted by molar-refractivity contribution is -0.148. The van der Waals surface area contributed by atoms with Crippen LogP contribution in [0.3, 0.4) is 0 Å². The number of carbonyl (C=O) groups excluding carboxylic acids is 1. The standard InChI is InChI=1S/C27H48O2/c1-3-4-5-6-22-7-9-23(10-8-22)11-12-24-13-15-25(16-14-24)26-17-19-27(20-18-26)29-21(2)28/h22-27H,3-20H2,1-2H3. The summed E-state index contributed by atoms with van der Waals surface area (Å²) in [6, 6.07) is 0. The molecule has 0 atom stereocenters. The fourth-order valence-electron chi connectivity index (χ4n) is 6.82. The van der Waals surface area contributed by atoms with E-state index in [1.54, 1.807) is 6.92 Å². The summed E-state index contributed by atoms with van der Waals surface area (Å²) in [7, 11) is 0. The van der Waals surface area contributed by atoms with E-state index in [0.29, 0.717) is 0 Å². The molecule has 0 saturated heterocycles. The highest BCUT2D eigenvalue weighted by Crippen LogP contribution is 2.42. The first-order valence-electron chi connectivity index (χ1n) is 13.3. The Morgan fingerprint density at radius 2 is 1.10 bits per heavy atom. The molecule has 0 bridgehead atoms. The maximum atomic E-state index is 11.2. The molecule has 0 aliphatic heterocycles. The highest BCUT2D eigenvalue weighted by atomic mass is 16.5. The summed E-state index contributed by atoms with van der Waals surface area (Å²) < 4.78 is 5.43. The van der Waals surface area contributed by atoms with Crippen LogP contribution in [-0.4, -0.2) is 12.1 Å². The number of carbonyl (C=O) groups is 1. The van der Waals surface area contributed by atoms with Gasteiger partial charge in [-0.3, -0.25) is 4.79 Å². The summed E-state index contributed by atoms with van der Waals surface area (Å²) in [5.74, 6) is 4.90. The van der Waals surface area contributed by atoms with Crippen LogP contribution in [0.15, 0.2) is 0 Å². The molecule has 2 nitrogen and oxygen atoms in total. The van der Waals surface area contributed by atoms with Crippen molar-refractivity contribution in [1.82, 2.24) is 0 Å². The molecule has 0 radical (unpaired) electrons. The number of ether oxygens (including phenoxy) is 1. The first-order chi connectivity index (χ1) is 14.1. The molecule has 168 valence electrons. The molecular weight excluding hydrogens is 356 g/mol. The fourth-order valence-corrected chi connectivity index (χ4v) is 6.82. The highest BCUT2D eigenvalue weighted by Gasteiger charge is 2.32. The van der Waals surface area contributed by atoms with Crippen molar-refractivity contribution < 1.29 is 9.53 Å². The van der Waals surface area contributed by atoms with Gasteiger partial charge in [0.05, 0.1) is 0 Å². The van der Waals surface area contributed by atoms with Gasteiger partial charge in [-0.25, -0.2) is 0 Å². The first kappa shape index (κ1) is 23.1. The van der Waals surface area contributed by atoms with Gasteiger partial charge in [-0.05, 0) is 68.1 Å². The van der Waals surface area contributed by atoms with Gasteiger partial charge in [0.25, 0.3) is 0 Å². The fraction of sp³-hybridized carbons (Fsp3) is 0.963. The predicted molar refractivity (Wildman–Crippen MR) is 122 cm³/mol. The lowest BCUT2D eigenvalue weighted by Crippen LogP contribution is -2.29. The van der Waals surface area contributed by atoms with E-state index in [1.165, 1.54) is 103 Å². The lowest BCUT2D eigenvalue weighted by atomic mass is 9.69. The van der Waals surface area contributed by atoms with E-state index in [-0.39, 0.29) is 12.1 Å². The molecule has 3 fully saturated rings. The molecule has 3 saturated carbocycles. The molecule has 3 rings (SSSR count). The third kappa shape index (κ3) is 7.91. The summed E-state index contributed by atoms with van der Waals surface area (Å²) in [4.78, 5) is 11.2. The molecule has 0 unspecified atom stereocenters. The summed E-state index contributed by atoms with van der Waals surface area (Å²) in [5.41, 5.74) is 0. The molecule has 0 N–H and O–H groups in total. The number of esters is 1. The largest absolute Gasteiger partial charge is 0.463 e. The molecule has 2 heteroatoms. The maximum Gasteiger partial charge on any atom is 0.302 e. The summed E-state index contributed by atoms with van der Waals surface area (Å²) in [6.07, 6.45) is 25.8. The van der Waals surface area contributed by atoms with Gasteiger partial charge in [0.1, 0.15) is 6.10 Å². The van der Waals surface area contributed by atoms with Crippen LogP contribution in [0.1, 0.15) is 129 Å². The van der Waals surface area contributed by atoms with Crippen LogP contribution in [0.4, 0.5) is 0 Å². The van der Waals surface area contributed by atoms with E-state index < -0.39 is 0 Å². The maximum absolute atomic E-state index is 11.2. The van der Waals surface area contributed by atoms with Gasteiger partial charge in [0.2, 0.25) is 0 Å². The highest BCUT2D eigenvalue weighted by molar-refractivity contribution is 5.66. The zero-order valence-electron chi connectivity index (χ0n) is 19.5. The van der Waals surface area contributed by atoms with Crippen LogP contribution in [0.5, 0.6) is 0 Å². The van der Waals surface area contributed by atoms with E-state index >= 15 is 0 Å². The average Bonchev–Trinajstić information content (AvgIpc) is 2.74. The van der Waals surface area contributed by atoms with Crippen molar-refractivity contribution in [3.8, 4) is 0 Å². The van der Waals surface area contributed by atoms with Crippen molar-refractivity contribution in [3.05, 3.63) is 0 Å². The molecule has 0 spiro atoms. The molecule has 0 amide bonds.